The molecule has 144 valence electrons. The number of amides is 2. The van der Waals surface area contributed by atoms with Crippen LogP contribution in [0.15, 0.2) is 71.8 Å². The van der Waals surface area contributed by atoms with Gasteiger partial charge in [-0.15, -0.1) is 0 Å². The van der Waals surface area contributed by atoms with E-state index < -0.39 is 27.7 Å². The van der Waals surface area contributed by atoms with Crippen molar-refractivity contribution in [3.63, 3.8) is 0 Å². The number of benzene rings is 2. The van der Waals surface area contributed by atoms with Crippen molar-refractivity contribution in [1.82, 2.24) is 10.3 Å². The van der Waals surface area contributed by atoms with E-state index in [-0.39, 0.29) is 22.6 Å². The molecule has 0 aliphatic heterocycles. The minimum absolute atomic E-state index is 0.128. The molecule has 0 unspecified atom stereocenters. The van der Waals surface area contributed by atoms with Crippen LogP contribution in [0.3, 0.4) is 0 Å². The summed E-state index contributed by atoms with van der Waals surface area (Å²) in [5.74, 6) is -1.66. The molecule has 2 amide bonds. The highest BCUT2D eigenvalue weighted by molar-refractivity contribution is 7.91. The number of para-hydroxylation sites is 1. The highest BCUT2D eigenvalue weighted by Crippen LogP contribution is 2.17. The monoisotopic (exact) mass is 397 g/mol. The Morgan fingerprint density at radius 2 is 1.71 bits per heavy atom. The fourth-order valence-electron chi connectivity index (χ4n) is 2.83. The molecule has 1 atom stereocenters. The van der Waals surface area contributed by atoms with Crippen molar-refractivity contribution < 1.29 is 18.0 Å². The lowest BCUT2D eigenvalue weighted by Gasteiger charge is -2.16. The number of carbonyl (C=O) groups excluding carboxylic acids is 2. The van der Waals surface area contributed by atoms with Crippen LogP contribution in [0.2, 0.25) is 0 Å². The Morgan fingerprint density at radius 1 is 1.00 bits per heavy atom. The Labute approximate surface area is 162 Å². The van der Waals surface area contributed by atoms with Crippen LogP contribution in [-0.2, 0) is 14.6 Å². The quantitative estimate of drug-likeness (QED) is 0.629. The highest BCUT2D eigenvalue weighted by atomic mass is 32.2. The van der Waals surface area contributed by atoms with Gasteiger partial charge in [0.15, 0.2) is 9.84 Å². The summed E-state index contributed by atoms with van der Waals surface area (Å²) >= 11 is 0. The average Bonchev–Trinajstić information content (AvgIpc) is 2.71. The molecule has 3 N–H and O–H groups in total. The number of nitrogens with two attached hydrogens (primary N) is 1. The Kier molecular flexibility index (Phi) is 5.70. The van der Waals surface area contributed by atoms with Crippen LogP contribution < -0.4 is 11.1 Å². The summed E-state index contributed by atoms with van der Waals surface area (Å²) in [6.07, 6.45) is 1.44. The average molecular weight is 397 g/mol. The van der Waals surface area contributed by atoms with E-state index >= 15 is 0 Å². The van der Waals surface area contributed by atoms with Crippen LogP contribution in [0.25, 0.3) is 10.9 Å². The summed E-state index contributed by atoms with van der Waals surface area (Å²) < 4.78 is 24.8. The molecule has 0 fully saturated rings. The summed E-state index contributed by atoms with van der Waals surface area (Å²) in [5, 5.41) is 3.31. The maximum absolute atomic E-state index is 12.7. The van der Waals surface area contributed by atoms with Crippen LogP contribution in [0.5, 0.6) is 0 Å². The first kappa shape index (κ1) is 19.5. The molecule has 3 rings (SSSR count). The van der Waals surface area contributed by atoms with Crippen LogP contribution in [0.1, 0.15) is 16.8 Å². The number of sulfone groups is 1. The molecule has 1 heterocycles. The normalized spacial score (nSPS) is 12.4. The van der Waals surface area contributed by atoms with Gasteiger partial charge in [-0.1, -0.05) is 36.4 Å². The Hall–Kier alpha value is -3.26. The molecule has 0 saturated carbocycles. The molecule has 3 aromatic rings. The lowest BCUT2D eigenvalue weighted by molar-refractivity contribution is -0.119. The minimum Gasteiger partial charge on any atom is -0.368 e. The predicted molar refractivity (Wildman–Crippen MR) is 105 cm³/mol. The standard InChI is InChI=1S/C20H19N3O4S/c21-19(24)17(11-13-28(26,27)15-8-2-1-3-9-15)23-20(25)16-10-4-6-14-7-5-12-22-18(14)16/h1-10,12,17H,11,13H2,(H2,21,24)(H,23,25)/t17-/m0/s1. The Morgan fingerprint density at radius 3 is 2.43 bits per heavy atom. The van der Waals surface area contributed by atoms with Gasteiger partial charge in [0.05, 0.1) is 21.7 Å². The molecular weight excluding hydrogens is 378 g/mol. The molecule has 1 aromatic heterocycles. The second-order valence-electron chi connectivity index (χ2n) is 6.23. The van der Waals surface area contributed by atoms with Crippen molar-refractivity contribution in [3.8, 4) is 0 Å². The molecule has 28 heavy (non-hydrogen) atoms. The Bertz CT molecular complexity index is 1110. The van der Waals surface area contributed by atoms with Gasteiger partial charge in [0.1, 0.15) is 6.04 Å². The number of carbonyl (C=O) groups is 2. The van der Waals surface area contributed by atoms with E-state index in [0.29, 0.717) is 5.52 Å². The summed E-state index contributed by atoms with van der Waals surface area (Å²) in [6, 6.07) is 15.5. The topological polar surface area (TPSA) is 119 Å². The number of pyridine rings is 1. The van der Waals surface area contributed by atoms with Crippen LogP contribution in [0, 0.1) is 0 Å². The van der Waals surface area contributed by atoms with Crippen molar-refractivity contribution >= 4 is 32.6 Å². The van der Waals surface area contributed by atoms with Crippen LogP contribution in [0.4, 0.5) is 0 Å². The van der Waals surface area contributed by atoms with Gasteiger partial charge in [-0.25, -0.2) is 8.42 Å². The van der Waals surface area contributed by atoms with E-state index in [9.17, 15) is 18.0 Å². The third kappa shape index (κ3) is 4.34. The molecule has 0 aliphatic carbocycles. The maximum atomic E-state index is 12.7. The lowest BCUT2D eigenvalue weighted by atomic mass is 10.1. The molecule has 0 spiro atoms. The first-order valence-corrected chi connectivity index (χ1v) is 10.3. The lowest BCUT2D eigenvalue weighted by Crippen LogP contribution is -2.45. The molecule has 0 radical (unpaired) electrons. The molecule has 2 aromatic carbocycles. The van der Waals surface area contributed by atoms with Crippen molar-refractivity contribution in [2.24, 2.45) is 5.73 Å². The number of nitrogens with zero attached hydrogens (tertiary/aromatic N) is 1. The molecule has 0 bridgehead atoms. The van der Waals surface area contributed by atoms with Crippen molar-refractivity contribution in [3.05, 3.63) is 72.4 Å². The first-order chi connectivity index (χ1) is 13.4. The zero-order chi connectivity index (χ0) is 20.1. The number of nitrogens with one attached hydrogen (secondary N) is 1. The number of primary amides is 1. The first-order valence-electron chi connectivity index (χ1n) is 8.60. The molecule has 0 aliphatic rings. The number of aromatic nitrogens is 1. The summed E-state index contributed by atoms with van der Waals surface area (Å²) in [7, 11) is -3.60. The minimum atomic E-state index is -3.60. The SMILES string of the molecule is NC(=O)[C@H](CCS(=O)(=O)c1ccccc1)NC(=O)c1cccc2cccnc12. The maximum Gasteiger partial charge on any atom is 0.254 e. The third-order valence-corrected chi connectivity index (χ3v) is 6.07. The molecule has 7 nitrogen and oxygen atoms in total. The second-order valence-corrected chi connectivity index (χ2v) is 8.34. The van der Waals surface area contributed by atoms with E-state index in [1.165, 1.54) is 12.1 Å². The molecule has 8 heteroatoms. The van der Waals surface area contributed by atoms with Gasteiger partial charge in [-0.05, 0) is 30.7 Å². The zero-order valence-electron chi connectivity index (χ0n) is 14.9. The third-order valence-electron chi connectivity index (χ3n) is 4.30. The van der Waals surface area contributed by atoms with E-state index in [1.54, 1.807) is 42.6 Å². The van der Waals surface area contributed by atoms with E-state index in [0.717, 1.165) is 5.39 Å². The number of fused-ring (bicyclic) bond motifs is 1. The number of hydrogen-bond donors (Lipinski definition) is 2. The Balaban J connectivity index is 1.76. The van der Waals surface area contributed by atoms with Gasteiger partial charge >= 0.3 is 0 Å². The van der Waals surface area contributed by atoms with E-state index in [1.807, 2.05) is 12.1 Å². The van der Waals surface area contributed by atoms with Gasteiger partial charge in [0.2, 0.25) is 5.91 Å². The smallest absolute Gasteiger partial charge is 0.254 e. The van der Waals surface area contributed by atoms with E-state index in [4.69, 9.17) is 5.73 Å². The summed E-state index contributed by atoms with van der Waals surface area (Å²) in [4.78, 5) is 28.8. The predicted octanol–water partition coefficient (Wildman–Crippen LogP) is 1.68. The van der Waals surface area contributed by atoms with Crippen molar-refractivity contribution in [2.45, 2.75) is 17.4 Å². The number of hydrogen-bond acceptors (Lipinski definition) is 5. The number of rotatable bonds is 7. The molecule has 0 saturated heterocycles. The van der Waals surface area contributed by atoms with Crippen molar-refractivity contribution in [2.75, 3.05) is 5.75 Å². The van der Waals surface area contributed by atoms with Gasteiger partial charge in [0, 0.05) is 11.6 Å². The van der Waals surface area contributed by atoms with Gasteiger partial charge < -0.3 is 11.1 Å². The highest BCUT2D eigenvalue weighted by Gasteiger charge is 2.24. The zero-order valence-corrected chi connectivity index (χ0v) is 15.7. The summed E-state index contributed by atoms with van der Waals surface area (Å²) in [6.45, 7) is 0. The fraction of sp³-hybridized carbons (Fsp3) is 0.150. The van der Waals surface area contributed by atoms with Gasteiger partial charge in [0.25, 0.3) is 5.91 Å². The summed E-state index contributed by atoms with van der Waals surface area (Å²) in [5.41, 5.74) is 6.16. The fourth-order valence-corrected chi connectivity index (χ4v) is 4.18. The largest absolute Gasteiger partial charge is 0.368 e. The second kappa shape index (κ2) is 8.18. The van der Waals surface area contributed by atoms with Gasteiger partial charge in [-0.3, -0.25) is 14.6 Å². The van der Waals surface area contributed by atoms with Crippen molar-refractivity contribution in [1.29, 1.82) is 0 Å². The van der Waals surface area contributed by atoms with Crippen LogP contribution >= 0.6 is 0 Å². The van der Waals surface area contributed by atoms with Crippen LogP contribution in [-0.4, -0.2) is 37.0 Å². The van der Waals surface area contributed by atoms with E-state index in [2.05, 4.69) is 10.3 Å². The molecular formula is C20H19N3O4S. The van der Waals surface area contributed by atoms with Gasteiger partial charge in [-0.2, -0.15) is 0 Å².